The first-order chi connectivity index (χ1) is 8.32. The zero-order valence-corrected chi connectivity index (χ0v) is 11.7. The Labute approximate surface area is 107 Å². The third-order valence-electron chi connectivity index (χ3n) is 2.12. The van der Waals surface area contributed by atoms with Gasteiger partial charge < -0.3 is 10.1 Å². The van der Waals surface area contributed by atoms with Crippen LogP contribution in [0.2, 0.25) is 0 Å². The van der Waals surface area contributed by atoms with Gasteiger partial charge in [-0.05, 0) is 20.3 Å². The molecule has 0 radical (unpaired) electrons. The highest BCUT2D eigenvalue weighted by Crippen LogP contribution is 1.98. The molecule has 0 saturated heterocycles. The molecule has 0 rings (SSSR count). The first kappa shape index (κ1) is 16.9. The number of esters is 1. The van der Waals surface area contributed by atoms with Crippen molar-refractivity contribution in [2.24, 2.45) is 0 Å². The summed E-state index contributed by atoms with van der Waals surface area (Å²) in [4.78, 5) is 22.1. The van der Waals surface area contributed by atoms with Crippen LogP contribution in [0.5, 0.6) is 0 Å². The molecule has 1 amide bonds. The second-order valence-electron chi connectivity index (χ2n) is 3.73. The van der Waals surface area contributed by atoms with Gasteiger partial charge in [0.15, 0.2) is 0 Å². The summed E-state index contributed by atoms with van der Waals surface area (Å²) >= 11 is 0. The zero-order valence-electron chi connectivity index (χ0n) is 10.9. The molecule has 1 atom stereocenters. The van der Waals surface area contributed by atoms with Gasteiger partial charge in [0.25, 0.3) is 0 Å². The Hall–Kier alpha value is -1.15. The van der Waals surface area contributed by atoms with Crippen molar-refractivity contribution in [1.82, 2.24) is 10.0 Å². The molecular formula is C10H20N2O5S. The van der Waals surface area contributed by atoms with Crippen LogP contribution in [0.1, 0.15) is 26.7 Å². The van der Waals surface area contributed by atoms with Crippen molar-refractivity contribution in [2.45, 2.75) is 32.7 Å². The molecule has 106 valence electrons. The van der Waals surface area contributed by atoms with Gasteiger partial charge in [-0.3, -0.25) is 9.59 Å². The highest BCUT2D eigenvalue weighted by molar-refractivity contribution is 7.89. The molecule has 18 heavy (non-hydrogen) atoms. The van der Waals surface area contributed by atoms with Crippen LogP contribution in [0.3, 0.4) is 0 Å². The molecule has 0 fully saturated rings. The molecule has 0 bridgehead atoms. The summed E-state index contributed by atoms with van der Waals surface area (Å²) in [7, 11) is -2.32. The number of likely N-dealkylation sites (N-methyl/N-ethyl adjacent to an activating group) is 1. The van der Waals surface area contributed by atoms with Crippen molar-refractivity contribution < 1.29 is 22.7 Å². The number of nitrogens with one attached hydrogen (secondary N) is 2. The van der Waals surface area contributed by atoms with Crippen LogP contribution < -0.4 is 10.0 Å². The maximum Gasteiger partial charge on any atom is 0.305 e. The van der Waals surface area contributed by atoms with Crippen molar-refractivity contribution in [2.75, 3.05) is 19.4 Å². The second kappa shape index (κ2) is 8.04. The molecule has 0 aliphatic heterocycles. The molecule has 8 heteroatoms. The number of rotatable bonds is 8. The molecule has 0 saturated carbocycles. The quantitative estimate of drug-likeness (QED) is 0.577. The third kappa shape index (κ3) is 7.23. The molecule has 1 unspecified atom stereocenters. The van der Waals surface area contributed by atoms with Gasteiger partial charge in [-0.25, -0.2) is 13.1 Å². The molecule has 0 aromatic carbocycles. The fourth-order valence-corrected chi connectivity index (χ4v) is 2.51. The maximum atomic E-state index is 11.6. The maximum absolute atomic E-state index is 11.6. The fourth-order valence-electron chi connectivity index (χ4n) is 1.22. The molecule has 7 nitrogen and oxygen atoms in total. The lowest BCUT2D eigenvalue weighted by atomic mass is 10.3. The third-order valence-corrected chi connectivity index (χ3v) is 3.66. The minimum Gasteiger partial charge on any atom is -0.469 e. The van der Waals surface area contributed by atoms with Crippen molar-refractivity contribution in [3.63, 3.8) is 0 Å². The number of carbonyl (C=O) groups is 2. The van der Waals surface area contributed by atoms with Crippen LogP contribution in [0.4, 0.5) is 0 Å². The van der Waals surface area contributed by atoms with Gasteiger partial charge in [0.05, 0.1) is 18.9 Å². The lowest BCUT2D eigenvalue weighted by molar-refractivity contribution is -0.140. The Morgan fingerprint density at radius 3 is 2.44 bits per heavy atom. The van der Waals surface area contributed by atoms with Crippen LogP contribution in [0, 0.1) is 0 Å². The number of hydrogen-bond donors (Lipinski definition) is 2. The summed E-state index contributed by atoms with van der Waals surface area (Å²) in [6.07, 6.45) is 0.192. The molecule has 2 N–H and O–H groups in total. The number of ether oxygens (including phenoxy) is 1. The highest BCUT2D eigenvalue weighted by atomic mass is 32.2. The van der Waals surface area contributed by atoms with E-state index in [1.807, 2.05) is 0 Å². The van der Waals surface area contributed by atoms with Crippen molar-refractivity contribution in [1.29, 1.82) is 0 Å². The Morgan fingerprint density at radius 1 is 1.33 bits per heavy atom. The molecule has 0 aliphatic rings. The molecule has 0 aliphatic carbocycles. The second-order valence-corrected chi connectivity index (χ2v) is 5.61. The minimum atomic E-state index is -3.57. The predicted molar refractivity (Wildman–Crippen MR) is 66.3 cm³/mol. The highest BCUT2D eigenvalue weighted by Gasteiger charge is 2.19. The van der Waals surface area contributed by atoms with E-state index in [2.05, 4.69) is 14.8 Å². The van der Waals surface area contributed by atoms with Gasteiger partial charge in [0.2, 0.25) is 15.9 Å². The van der Waals surface area contributed by atoms with E-state index in [1.54, 1.807) is 6.92 Å². The standard InChI is InChI=1S/C10H20N2O5S/c1-4-11-10(14)8(2)12-18(15,16)7-5-6-9(13)17-3/h8,12H,4-7H2,1-3H3,(H,11,14). The Morgan fingerprint density at radius 2 is 1.94 bits per heavy atom. The first-order valence-corrected chi connectivity index (χ1v) is 7.32. The molecule has 0 aromatic heterocycles. The summed E-state index contributed by atoms with van der Waals surface area (Å²) in [5.41, 5.74) is 0. The summed E-state index contributed by atoms with van der Waals surface area (Å²) < 4.78 is 29.8. The van der Waals surface area contributed by atoms with E-state index in [4.69, 9.17) is 0 Å². The first-order valence-electron chi connectivity index (χ1n) is 5.67. The predicted octanol–water partition coefficient (Wildman–Crippen LogP) is -0.616. The van der Waals surface area contributed by atoms with Gasteiger partial charge in [-0.15, -0.1) is 0 Å². The summed E-state index contributed by atoms with van der Waals surface area (Å²) in [5.74, 6) is -1.05. The number of sulfonamides is 1. The van der Waals surface area contributed by atoms with Crippen molar-refractivity contribution >= 4 is 21.9 Å². The average molecular weight is 280 g/mol. The van der Waals surface area contributed by atoms with Crippen LogP contribution in [0.25, 0.3) is 0 Å². The smallest absolute Gasteiger partial charge is 0.305 e. The molecule has 0 aromatic rings. The van der Waals surface area contributed by atoms with Crippen molar-refractivity contribution in [3.8, 4) is 0 Å². The Bertz CT molecular complexity index is 380. The largest absolute Gasteiger partial charge is 0.469 e. The van der Waals surface area contributed by atoms with E-state index in [0.717, 1.165) is 0 Å². The lowest BCUT2D eigenvalue weighted by Crippen LogP contribution is -2.45. The average Bonchev–Trinajstić information content (AvgIpc) is 2.28. The Balaban J connectivity index is 4.15. The van der Waals surface area contributed by atoms with E-state index in [-0.39, 0.29) is 24.5 Å². The monoisotopic (exact) mass is 280 g/mol. The number of methoxy groups -OCH3 is 1. The van der Waals surface area contributed by atoms with Crippen LogP contribution in [0.15, 0.2) is 0 Å². The van der Waals surface area contributed by atoms with Crippen LogP contribution >= 0.6 is 0 Å². The summed E-state index contributed by atoms with van der Waals surface area (Å²) in [6, 6.07) is -0.826. The normalized spacial score (nSPS) is 12.8. The van der Waals surface area contributed by atoms with Gasteiger partial charge in [0, 0.05) is 13.0 Å². The van der Waals surface area contributed by atoms with E-state index < -0.39 is 22.0 Å². The fraction of sp³-hybridized carbons (Fsp3) is 0.800. The van der Waals surface area contributed by atoms with E-state index >= 15 is 0 Å². The van der Waals surface area contributed by atoms with Gasteiger partial charge >= 0.3 is 5.97 Å². The Kier molecular flexibility index (Phi) is 7.53. The number of hydrogen-bond acceptors (Lipinski definition) is 5. The SMILES string of the molecule is CCNC(=O)C(C)NS(=O)(=O)CCCC(=O)OC. The zero-order chi connectivity index (χ0) is 14.2. The van der Waals surface area contributed by atoms with E-state index in [1.165, 1.54) is 14.0 Å². The molecule has 0 spiro atoms. The number of amides is 1. The summed E-state index contributed by atoms with van der Waals surface area (Å²) in [6.45, 7) is 3.64. The van der Waals surface area contributed by atoms with Crippen molar-refractivity contribution in [3.05, 3.63) is 0 Å². The van der Waals surface area contributed by atoms with E-state index in [0.29, 0.717) is 6.54 Å². The van der Waals surface area contributed by atoms with Crippen LogP contribution in [-0.2, 0) is 24.3 Å². The van der Waals surface area contributed by atoms with E-state index in [9.17, 15) is 18.0 Å². The lowest BCUT2D eigenvalue weighted by Gasteiger charge is -2.13. The number of carbonyl (C=O) groups excluding carboxylic acids is 2. The topological polar surface area (TPSA) is 102 Å². The van der Waals surface area contributed by atoms with Gasteiger partial charge in [0.1, 0.15) is 0 Å². The van der Waals surface area contributed by atoms with Gasteiger partial charge in [-0.1, -0.05) is 0 Å². The summed E-state index contributed by atoms with van der Waals surface area (Å²) in [5, 5.41) is 2.51. The van der Waals surface area contributed by atoms with Crippen LogP contribution in [-0.4, -0.2) is 45.7 Å². The molecular weight excluding hydrogens is 260 g/mol. The molecule has 0 heterocycles. The minimum absolute atomic E-state index is 0.0347. The van der Waals surface area contributed by atoms with Gasteiger partial charge in [-0.2, -0.15) is 0 Å².